The molecule has 2 nitrogen and oxygen atoms in total. The van der Waals surface area contributed by atoms with Crippen LogP contribution in [0.4, 0.5) is 0 Å². The molecule has 1 heterocycles. The largest absolute Gasteiger partial charge is 0.310 e. The van der Waals surface area contributed by atoms with Crippen LogP contribution < -0.4 is 5.32 Å². The summed E-state index contributed by atoms with van der Waals surface area (Å²) in [5, 5.41) is 9.59. The van der Waals surface area contributed by atoms with Gasteiger partial charge < -0.3 is 5.32 Å². The van der Waals surface area contributed by atoms with Crippen molar-refractivity contribution in [2.75, 3.05) is 6.54 Å². The average molecular weight is 296 g/mol. The molecule has 21 heavy (non-hydrogen) atoms. The highest BCUT2D eigenvalue weighted by molar-refractivity contribution is 7.09. The minimum absolute atomic E-state index is 0.345. The van der Waals surface area contributed by atoms with Gasteiger partial charge in [0, 0.05) is 30.1 Å². The van der Waals surface area contributed by atoms with Crippen LogP contribution in [-0.4, -0.2) is 11.5 Å². The normalized spacial score (nSPS) is 12.7. The molecule has 2 aromatic carbocycles. The predicted octanol–water partition coefficient (Wildman–Crippen LogP) is 4.50. The van der Waals surface area contributed by atoms with Crippen molar-refractivity contribution >= 4 is 22.1 Å². The van der Waals surface area contributed by atoms with Gasteiger partial charge in [-0.3, -0.25) is 0 Å². The molecule has 1 atom stereocenters. The quantitative estimate of drug-likeness (QED) is 0.750. The van der Waals surface area contributed by atoms with Crippen molar-refractivity contribution in [1.29, 1.82) is 0 Å². The van der Waals surface area contributed by atoms with Gasteiger partial charge in [0.25, 0.3) is 0 Å². The Labute approximate surface area is 129 Å². The Kier molecular flexibility index (Phi) is 4.32. The molecule has 1 unspecified atom stereocenters. The molecule has 0 aliphatic rings. The van der Waals surface area contributed by atoms with Crippen LogP contribution in [0.3, 0.4) is 0 Å². The van der Waals surface area contributed by atoms with E-state index in [-0.39, 0.29) is 0 Å². The van der Waals surface area contributed by atoms with Gasteiger partial charge in [0.05, 0.1) is 5.01 Å². The van der Waals surface area contributed by atoms with Crippen molar-refractivity contribution in [3.63, 3.8) is 0 Å². The maximum atomic E-state index is 4.51. The summed E-state index contributed by atoms with van der Waals surface area (Å²) in [5.74, 6) is 0. The van der Waals surface area contributed by atoms with Crippen LogP contribution in [-0.2, 0) is 6.42 Å². The van der Waals surface area contributed by atoms with Crippen molar-refractivity contribution in [2.45, 2.75) is 26.3 Å². The van der Waals surface area contributed by atoms with Gasteiger partial charge in [-0.1, -0.05) is 42.5 Å². The predicted molar refractivity (Wildman–Crippen MR) is 90.9 cm³/mol. The highest BCUT2D eigenvalue weighted by Crippen LogP contribution is 2.24. The Bertz CT molecular complexity index is 727. The van der Waals surface area contributed by atoms with E-state index in [4.69, 9.17) is 0 Å². The number of fused-ring (bicyclic) bond motifs is 1. The van der Waals surface area contributed by atoms with Crippen molar-refractivity contribution in [2.24, 2.45) is 0 Å². The van der Waals surface area contributed by atoms with E-state index in [2.05, 4.69) is 65.1 Å². The van der Waals surface area contributed by atoms with Gasteiger partial charge in [0.1, 0.15) is 0 Å². The summed E-state index contributed by atoms with van der Waals surface area (Å²) in [6, 6.07) is 15.4. The molecule has 0 spiro atoms. The summed E-state index contributed by atoms with van der Waals surface area (Å²) in [4.78, 5) is 4.51. The first-order valence-corrected chi connectivity index (χ1v) is 8.24. The molecule has 3 rings (SSSR count). The Balaban J connectivity index is 1.68. The van der Waals surface area contributed by atoms with Crippen LogP contribution in [0.25, 0.3) is 10.8 Å². The Morgan fingerprint density at radius 3 is 2.76 bits per heavy atom. The van der Waals surface area contributed by atoms with E-state index in [0.29, 0.717) is 6.04 Å². The first-order valence-electron chi connectivity index (χ1n) is 7.36. The monoisotopic (exact) mass is 296 g/mol. The topological polar surface area (TPSA) is 24.9 Å². The maximum Gasteiger partial charge on any atom is 0.0940 e. The van der Waals surface area contributed by atoms with Crippen molar-refractivity contribution in [3.05, 3.63) is 64.1 Å². The number of aromatic nitrogens is 1. The summed E-state index contributed by atoms with van der Waals surface area (Å²) in [7, 11) is 0. The van der Waals surface area contributed by atoms with Gasteiger partial charge in [0.15, 0.2) is 0 Å². The smallest absolute Gasteiger partial charge is 0.0940 e. The minimum Gasteiger partial charge on any atom is -0.310 e. The lowest BCUT2D eigenvalue weighted by Gasteiger charge is -2.16. The molecule has 0 radical (unpaired) electrons. The second-order valence-electron chi connectivity index (χ2n) is 5.38. The summed E-state index contributed by atoms with van der Waals surface area (Å²) in [5.41, 5.74) is 2.49. The molecule has 108 valence electrons. The van der Waals surface area contributed by atoms with Crippen LogP contribution in [0.1, 0.15) is 29.2 Å². The van der Waals surface area contributed by atoms with Gasteiger partial charge in [-0.2, -0.15) is 0 Å². The molecule has 3 heteroatoms. The molecule has 1 aromatic heterocycles. The number of thiazole rings is 1. The molecule has 0 amide bonds. The molecule has 0 aliphatic carbocycles. The van der Waals surface area contributed by atoms with E-state index in [1.807, 2.05) is 6.92 Å². The molecule has 0 aliphatic heterocycles. The van der Waals surface area contributed by atoms with Gasteiger partial charge in [-0.05, 0) is 30.2 Å². The summed E-state index contributed by atoms with van der Waals surface area (Å²) < 4.78 is 0. The third kappa shape index (κ3) is 3.31. The summed E-state index contributed by atoms with van der Waals surface area (Å²) in [6.45, 7) is 5.23. The Morgan fingerprint density at radius 2 is 1.95 bits per heavy atom. The zero-order chi connectivity index (χ0) is 14.7. The number of nitrogens with zero attached hydrogens (tertiary/aromatic N) is 1. The number of aryl methyl sites for hydroxylation is 1. The Hall–Kier alpha value is -1.71. The van der Waals surface area contributed by atoms with Crippen LogP contribution in [0.5, 0.6) is 0 Å². The third-order valence-electron chi connectivity index (χ3n) is 3.75. The molecule has 1 N–H and O–H groups in total. The number of hydrogen-bond donors (Lipinski definition) is 1. The van der Waals surface area contributed by atoms with Crippen LogP contribution in [0.2, 0.25) is 0 Å². The van der Waals surface area contributed by atoms with E-state index < -0.39 is 0 Å². The lowest BCUT2D eigenvalue weighted by Crippen LogP contribution is -2.21. The van der Waals surface area contributed by atoms with Crippen LogP contribution in [0, 0.1) is 6.92 Å². The molecule has 0 fully saturated rings. The number of hydrogen-bond acceptors (Lipinski definition) is 3. The summed E-state index contributed by atoms with van der Waals surface area (Å²) >= 11 is 1.75. The SMILES string of the molecule is Cc1csc(CCNC(C)c2cccc3ccccc23)n1. The maximum absolute atomic E-state index is 4.51. The minimum atomic E-state index is 0.345. The van der Waals surface area contributed by atoms with E-state index in [0.717, 1.165) is 18.7 Å². The highest BCUT2D eigenvalue weighted by Gasteiger charge is 2.08. The second-order valence-corrected chi connectivity index (χ2v) is 6.32. The standard InChI is InChI=1S/C18H20N2S/c1-13-12-21-18(20-13)10-11-19-14(2)16-9-5-7-15-6-3-4-8-17(15)16/h3-9,12,14,19H,10-11H2,1-2H3. The average Bonchev–Trinajstić information content (AvgIpc) is 2.92. The van der Waals surface area contributed by atoms with E-state index in [9.17, 15) is 0 Å². The van der Waals surface area contributed by atoms with Gasteiger partial charge in [-0.25, -0.2) is 4.98 Å². The van der Waals surface area contributed by atoms with E-state index in [1.54, 1.807) is 11.3 Å². The Morgan fingerprint density at radius 1 is 1.14 bits per heavy atom. The van der Waals surface area contributed by atoms with Crippen LogP contribution >= 0.6 is 11.3 Å². The van der Waals surface area contributed by atoms with Crippen LogP contribution in [0.15, 0.2) is 47.8 Å². The van der Waals surface area contributed by atoms with E-state index >= 15 is 0 Å². The lowest BCUT2D eigenvalue weighted by molar-refractivity contribution is 0.579. The molecule has 3 aromatic rings. The fourth-order valence-corrected chi connectivity index (χ4v) is 3.43. The number of benzene rings is 2. The van der Waals surface area contributed by atoms with Gasteiger partial charge >= 0.3 is 0 Å². The fourth-order valence-electron chi connectivity index (χ4n) is 2.65. The molecule has 0 bridgehead atoms. The summed E-state index contributed by atoms with van der Waals surface area (Å²) in [6.07, 6.45) is 0.994. The fraction of sp³-hybridized carbons (Fsp3) is 0.278. The molecular formula is C18H20N2S. The second kappa shape index (κ2) is 6.37. The lowest BCUT2D eigenvalue weighted by atomic mass is 10.00. The first-order chi connectivity index (χ1) is 10.2. The molecular weight excluding hydrogens is 276 g/mol. The van der Waals surface area contributed by atoms with Crippen molar-refractivity contribution in [3.8, 4) is 0 Å². The van der Waals surface area contributed by atoms with Crippen molar-refractivity contribution in [1.82, 2.24) is 10.3 Å². The van der Waals surface area contributed by atoms with Crippen molar-refractivity contribution < 1.29 is 0 Å². The zero-order valence-corrected chi connectivity index (χ0v) is 13.3. The highest BCUT2D eigenvalue weighted by atomic mass is 32.1. The zero-order valence-electron chi connectivity index (χ0n) is 12.5. The number of rotatable bonds is 5. The molecule has 0 saturated heterocycles. The van der Waals surface area contributed by atoms with E-state index in [1.165, 1.54) is 21.3 Å². The first kappa shape index (κ1) is 14.2. The molecule has 0 saturated carbocycles. The van der Waals surface area contributed by atoms with Gasteiger partial charge in [0.2, 0.25) is 0 Å². The number of nitrogens with one attached hydrogen (secondary N) is 1. The van der Waals surface area contributed by atoms with Gasteiger partial charge in [-0.15, -0.1) is 11.3 Å². The third-order valence-corrected chi connectivity index (χ3v) is 4.77.